The highest BCUT2D eigenvalue weighted by molar-refractivity contribution is 7.80. The summed E-state index contributed by atoms with van der Waals surface area (Å²) in [6, 6.07) is 9.77. The van der Waals surface area contributed by atoms with Crippen LogP contribution in [0.25, 0.3) is 0 Å². The second-order valence-corrected chi connectivity index (χ2v) is 6.02. The van der Waals surface area contributed by atoms with Gasteiger partial charge >= 0.3 is 0 Å². The monoisotopic (exact) mass is 276 g/mol. The van der Waals surface area contributed by atoms with Crippen molar-refractivity contribution >= 4 is 23.1 Å². The molecule has 1 fully saturated rings. The Bertz CT molecular complexity index is 484. The van der Waals surface area contributed by atoms with Gasteiger partial charge in [0.2, 0.25) is 5.91 Å². The number of nitrogens with two attached hydrogens (primary N) is 1. The molecule has 0 bridgehead atoms. The number of rotatable bonds is 3. The Morgan fingerprint density at radius 3 is 2.58 bits per heavy atom. The van der Waals surface area contributed by atoms with Gasteiger partial charge in [0.1, 0.15) is 0 Å². The van der Waals surface area contributed by atoms with Gasteiger partial charge in [-0.3, -0.25) is 4.79 Å². The molecule has 1 aromatic carbocycles. The number of nitrogens with zero attached hydrogens (tertiary/aromatic N) is 1. The van der Waals surface area contributed by atoms with E-state index in [1.807, 2.05) is 49.1 Å². The maximum Gasteiger partial charge on any atom is 0.233 e. The van der Waals surface area contributed by atoms with Crippen LogP contribution in [-0.2, 0) is 10.2 Å². The SMILES string of the molecule is CC(C)(C(=O)N1CCCC1C(N)=S)c1ccccc1. The smallest absolute Gasteiger partial charge is 0.233 e. The summed E-state index contributed by atoms with van der Waals surface area (Å²) in [4.78, 5) is 15.1. The van der Waals surface area contributed by atoms with Crippen molar-refractivity contribution in [2.45, 2.75) is 38.1 Å². The summed E-state index contributed by atoms with van der Waals surface area (Å²) in [6.07, 6.45) is 1.85. The van der Waals surface area contributed by atoms with E-state index in [4.69, 9.17) is 18.0 Å². The maximum absolute atomic E-state index is 12.8. The zero-order chi connectivity index (χ0) is 14.0. The summed E-state index contributed by atoms with van der Waals surface area (Å²) in [5, 5.41) is 0. The molecule has 1 atom stereocenters. The van der Waals surface area contributed by atoms with Crippen molar-refractivity contribution in [3.05, 3.63) is 35.9 Å². The fourth-order valence-electron chi connectivity index (χ4n) is 2.64. The summed E-state index contributed by atoms with van der Waals surface area (Å²) in [7, 11) is 0. The molecule has 1 unspecified atom stereocenters. The van der Waals surface area contributed by atoms with Crippen LogP contribution in [0.15, 0.2) is 30.3 Å². The zero-order valence-corrected chi connectivity index (χ0v) is 12.2. The first-order chi connectivity index (χ1) is 8.94. The lowest BCUT2D eigenvalue weighted by molar-refractivity contribution is -0.136. The van der Waals surface area contributed by atoms with Gasteiger partial charge in [-0.2, -0.15) is 0 Å². The molecule has 4 heteroatoms. The summed E-state index contributed by atoms with van der Waals surface area (Å²) in [5.74, 6) is 0.106. The molecule has 1 aliphatic heterocycles. The fourth-order valence-corrected chi connectivity index (χ4v) is 2.89. The van der Waals surface area contributed by atoms with E-state index in [2.05, 4.69) is 0 Å². The maximum atomic E-state index is 12.8. The van der Waals surface area contributed by atoms with E-state index in [9.17, 15) is 4.79 Å². The van der Waals surface area contributed by atoms with Gasteiger partial charge in [0, 0.05) is 6.54 Å². The molecule has 0 aliphatic carbocycles. The molecule has 1 aromatic rings. The normalized spacial score (nSPS) is 19.5. The molecule has 0 aromatic heterocycles. The van der Waals surface area contributed by atoms with E-state index in [-0.39, 0.29) is 11.9 Å². The third-order valence-electron chi connectivity index (χ3n) is 3.87. The Morgan fingerprint density at radius 1 is 1.37 bits per heavy atom. The Balaban J connectivity index is 2.26. The lowest BCUT2D eigenvalue weighted by Crippen LogP contribution is -2.49. The minimum Gasteiger partial charge on any atom is -0.392 e. The number of hydrogen-bond acceptors (Lipinski definition) is 2. The molecular weight excluding hydrogens is 256 g/mol. The van der Waals surface area contributed by atoms with Crippen molar-refractivity contribution in [2.75, 3.05) is 6.54 Å². The van der Waals surface area contributed by atoms with Gasteiger partial charge in [0.25, 0.3) is 0 Å². The van der Waals surface area contributed by atoms with Crippen LogP contribution in [0.2, 0.25) is 0 Å². The molecule has 1 heterocycles. The number of thiocarbonyl (C=S) groups is 1. The topological polar surface area (TPSA) is 46.3 Å². The number of hydrogen-bond donors (Lipinski definition) is 1. The molecule has 2 N–H and O–H groups in total. The largest absolute Gasteiger partial charge is 0.392 e. The van der Waals surface area contributed by atoms with Crippen LogP contribution in [0.1, 0.15) is 32.3 Å². The molecule has 0 spiro atoms. The first-order valence-corrected chi connectivity index (χ1v) is 7.01. The Morgan fingerprint density at radius 2 is 2.00 bits per heavy atom. The summed E-state index contributed by atoms with van der Waals surface area (Å²) < 4.78 is 0. The van der Waals surface area contributed by atoms with Crippen molar-refractivity contribution in [2.24, 2.45) is 5.73 Å². The van der Waals surface area contributed by atoms with E-state index in [0.29, 0.717) is 4.99 Å². The number of amides is 1. The van der Waals surface area contributed by atoms with Crippen molar-refractivity contribution in [1.29, 1.82) is 0 Å². The Kier molecular flexibility index (Phi) is 3.90. The van der Waals surface area contributed by atoms with Gasteiger partial charge in [0.15, 0.2) is 0 Å². The van der Waals surface area contributed by atoms with E-state index >= 15 is 0 Å². The average Bonchev–Trinajstić information content (AvgIpc) is 2.88. The van der Waals surface area contributed by atoms with Gasteiger partial charge in [-0.15, -0.1) is 0 Å². The quantitative estimate of drug-likeness (QED) is 0.861. The van der Waals surface area contributed by atoms with Crippen LogP contribution in [0, 0.1) is 0 Å². The van der Waals surface area contributed by atoms with Crippen LogP contribution in [-0.4, -0.2) is 28.4 Å². The van der Waals surface area contributed by atoms with E-state index in [0.717, 1.165) is 24.9 Å². The Labute approximate surface area is 119 Å². The number of likely N-dealkylation sites (tertiary alicyclic amines) is 1. The zero-order valence-electron chi connectivity index (χ0n) is 11.4. The van der Waals surface area contributed by atoms with Crippen molar-refractivity contribution in [1.82, 2.24) is 4.90 Å². The minimum atomic E-state index is -0.547. The van der Waals surface area contributed by atoms with E-state index in [1.165, 1.54) is 0 Å². The predicted molar refractivity (Wildman–Crippen MR) is 81.0 cm³/mol. The van der Waals surface area contributed by atoms with E-state index < -0.39 is 5.41 Å². The molecule has 0 saturated carbocycles. The van der Waals surface area contributed by atoms with Crippen LogP contribution < -0.4 is 5.73 Å². The Hall–Kier alpha value is -1.42. The molecule has 3 nitrogen and oxygen atoms in total. The predicted octanol–water partition coefficient (Wildman–Crippen LogP) is 2.24. The van der Waals surface area contributed by atoms with E-state index in [1.54, 1.807) is 0 Å². The van der Waals surface area contributed by atoms with Crippen LogP contribution in [0.3, 0.4) is 0 Å². The van der Waals surface area contributed by atoms with Gasteiger partial charge in [-0.25, -0.2) is 0 Å². The molecule has 1 aliphatic rings. The van der Waals surface area contributed by atoms with Gasteiger partial charge in [-0.1, -0.05) is 42.5 Å². The first-order valence-electron chi connectivity index (χ1n) is 6.60. The van der Waals surface area contributed by atoms with Gasteiger partial charge in [0.05, 0.1) is 16.4 Å². The van der Waals surface area contributed by atoms with Crippen LogP contribution >= 0.6 is 12.2 Å². The summed E-state index contributed by atoms with van der Waals surface area (Å²) >= 11 is 5.08. The lowest BCUT2D eigenvalue weighted by atomic mass is 9.83. The number of carbonyl (C=O) groups is 1. The first kappa shape index (κ1) is 14.0. The van der Waals surface area contributed by atoms with Crippen LogP contribution in [0.4, 0.5) is 0 Å². The highest BCUT2D eigenvalue weighted by Gasteiger charge is 2.39. The van der Waals surface area contributed by atoms with Crippen molar-refractivity contribution in [3.8, 4) is 0 Å². The standard InChI is InChI=1S/C15H20N2OS/c1-15(2,11-7-4-3-5-8-11)14(18)17-10-6-9-12(17)13(16)19/h3-5,7-8,12H,6,9-10H2,1-2H3,(H2,16,19). The second kappa shape index (κ2) is 5.29. The summed E-state index contributed by atoms with van der Waals surface area (Å²) in [6.45, 7) is 4.66. The minimum absolute atomic E-state index is 0.0783. The third-order valence-corrected chi connectivity index (χ3v) is 4.14. The molecular formula is C15H20N2OS. The highest BCUT2D eigenvalue weighted by atomic mass is 32.1. The van der Waals surface area contributed by atoms with Gasteiger partial charge < -0.3 is 10.6 Å². The van der Waals surface area contributed by atoms with Crippen LogP contribution in [0.5, 0.6) is 0 Å². The van der Waals surface area contributed by atoms with Gasteiger partial charge in [-0.05, 0) is 32.3 Å². The highest BCUT2D eigenvalue weighted by Crippen LogP contribution is 2.29. The molecule has 19 heavy (non-hydrogen) atoms. The third kappa shape index (κ3) is 2.63. The molecule has 102 valence electrons. The van der Waals surface area contributed by atoms with Crippen molar-refractivity contribution < 1.29 is 4.79 Å². The lowest BCUT2D eigenvalue weighted by Gasteiger charge is -2.33. The molecule has 1 amide bonds. The fraction of sp³-hybridized carbons (Fsp3) is 0.467. The number of benzene rings is 1. The summed E-state index contributed by atoms with van der Waals surface area (Å²) in [5.41, 5.74) is 6.22. The molecule has 1 saturated heterocycles. The molecule has 0 radical (unpaired) electrons. The second-order valence-electron chi connectivity index (χ2n) is 5.55. The molecule has 2 rings (SSSR count). The average molecular weight is 276 g/mol. The number of carbonyl (C=O) groups excluding carboxylic acids is 1. The van der Waals surface area contributed by atoms with Crippen molar-refractivity contribution in [3.63, 3.8) is 0 Å².